The van der Waals surface area contributed by atoms with Gasteiger partial charge in [0.1, 0.15) is 0 Å². The first kappa shape index (κ1) is 16.3. The Balaban J connectivity index is 1.67. The SMILES string of the molecule is Cc1nc(Nc2cc3c(cc2C2CC2)CNCC3)ncc1C(F)(F)F. The Labute approximate surface area is 143 Å². The van der Waals surface area contributed by atoms with E-state index in [1.807, 2.05) is 0 Å². The van der Waals surface area contributed by atoms with Crippen LogP contribution in [0, 0.1) is 6.92 Å². The van der Waals surface area contributed by atoms with Gasteiger partial charge in [0.25, 0.3) is 0 Å². The molecule has 1 aromatic heterocycles. The van der Waals surface area contributed by atoms with Crippen LogP contribution in [0.15, 0.2) is 18.3 Å². The molecule has 0 bridgehead atoms. The lowest BCUT2D eigenvalue weighted by Gasteiger charge is -2.21. The Bertz CT molecular complexity index is 813. The van der Waals surface area contributed by atoms with Crippen molar-refractivity contribution in [1.82, 2.24) is 15.3 Å². The van der Waals surface area contributed by atoms with Crippen LogP contribution in [0.3, 0.4) is 0 Å². The number of nitrogens with zero attached hydrogens (tertiary/aromatic N) is 2. The van der Waals surface area contributed by atoms with Gasteiger partial charge in [0, 0.05) is 18.4 Å². The first-order chi connectivity index (χ1) is 11.9. The minimum absolute atomic E-state index is 0.0693. The fraction of sp³-hybridized carbons (Fsp3) is 0.444. The van der Waals surface area contributed by atoms with Crippen molar-refractivity contribution in [3.8, 4) is 0 Å². The average Bonchev–Trinajstić information content (AvgIpc) is 3.38. The van der Waals surface area contributed by atoms with E-state index in [0.717, 1.165) is 44.2 Å². The minimum Gasteiger partial charge on any atom is -0.324 e. The Hall–Kier alpha value is -2.15. The van der Waals surface area contributed by atoms with Crippen molar-refractivity contribution in [2.75, 3.05) is 11.9 Å². The van der Waals surface area contributed by atoms with Crippen LogP contribution in [0.25, 0.3) is 0 Å². The van der Waals surface area contributed by atoms with Gasteiger partial charge in [0.2, 0.25) is 5.95 Å². The number of rotatable bonds is 3. The van der Waals surface area contributed by atoms with E-state index in [1.165, 1.54) is 23.6 Å². The van der Waals surface area contributed by atoms with Crippen LogP contribution >= 0.6 is 0 Å². The number of anilines is 2. The summed E-state index contributed by atoms with van der Waals surface area (Å²) in [6.07, 6.45) is -0.339. The molecule has 4 rings (SSSR count). The van der Waals surface area contributed by atoms with Crippen LogP contribution in [0.2, 0.25) is 0 Å². The molecular formula is C18H19F3N4. The van der Waals surface area contributed by atoms with Crippen molar-refractivity contribution in [3.05, 3.63) is 46.3 Å². The number of aryl methyl sites for hydroxylation is 1. The minimum atomic E-state index is -4.43. The molecule has 1 aliphatic carbocycles. The summed E-state index contributed by atoms with van der Waals surface area (Å²) in [6.45, 7) is 3.16. The van der Waals surface area contributed by atoms with Crippen LogP contribution in [0.4, 0.5) is 24.8 Å². The van der Waals surface area contributed by atoms with E-state index in [2.05, 4.69) is 32.7 Å². The highest BCUT2D eigenvalue weighted by atomic mass is 19.4. The highest BCUT2D eigenvalue weighted by Gasteiger charge is 2.34. The fourth-order valence-electron chi connectivity index (χ4n) is 3.32. The summed E-state index contributed by atoms with van der Waals surface area (Å²) >= 11 is 0. The van der Waals surface area contributed by atoms with E-state index in [1.54, 1.807) is 0 Å². The van der Waals surface area contributed by atoms with Gasteiger partial charge < -0.3 is 10.6 Å². The molecule has 2 aromatic rings. The van der Waals surface area contributed by atoms with Gasteiger partial charge in [0.05, 0.1) is 11.3 Å². The van der Waals surface area contributed by atoms with Crippen molar-refractivity contribution < 1.29 is 13.2 Å². The van der Waals surface area contributed by atoms with Gasteiger partial charge in [0.15, 0.2) is 0 Å². The van der Waals surface area contributed by atoms with Gasteiger partial charge >= 0.3 is 6.18 Å². The zero-order chi connectivity index (χ0) is 17.6. The number of benzene rings is 1. The molecule has 0 radical (unpaired) electrons. The number of nitrogens with one attached hydrogen (secondary N) is 2. The predicted molar refractivity (Wildman–Crippen MR) is 88.9 cm³/mol. The van der Waals surface area contributed by atoms with E-state index in [4.69, 9.17) is 0 Å². The second-order valence-electron chi connectivity index (χ2n) is 6.72. The molecule has 0 saturated heterocycles. The zero-order valence-electron chi connectivity index (χ0n) is 13.9. The molecule has 2 N–H and O–H groups in total. The van der Waals surface area contributed by atoms with Crippen LogP contribution < -0.4 is 10.6 Å². The normalized spacial score (nSPS) is 17.3. The molecule has 0 amide bonds. The number of fused-ring (bicyclic) bond motifs is 1. The summed E-state index contributed by atoms with van der Waals surface area (Å²) in [4.78, 5) is 7.89. The molecule has 0 spiro atoms. The predicted octanol–water partition coefficient (Wildman–Crippen LogP) is 4.07. The van der Waals surface area contributed by atoms with Crippen LogP contribution in [-0.4, -0.2) is 16.5 Å². The lowest BCUT2D eigenvalue weighted by molar-refractivity contribution is -0.138. The molecule has 0 unspecified atom stereocenters. The average molecular weight is 348 g/mol. The topological polar surface area (TPSA) is 49.8 Å². The smallest absolute Gasteiger partial charge is 0.324 e. The summed E-state index contributed by atoms with van der Waals surface area (Å²) in [5.41, 5.74) is 3.85. The summed E-state index contributed by atoms with van der Waals surface area (Å²) < 4.78 is 38.6. The van der Waals surface area contributed by atoms with Crippen molar-refractivity contribution >= 4 is 11.6 Å². The molecule has 132 valence electrons. The lowest BCUT2D eigenvalue weighted by Crippen LogP contribution is -2.24. The van der Waals surface area contributed by atoms with Gasteiger partial charge in [-0.1, -0.05) is 6.07 Å². The van der Waals surface area contributed by atoms with E-state index in [-0.39, 0.29) is 11.6 Å². The molecule has 1 aliphatic heterocycles. The molecule has 25 heavy (non-hydrogen) atoms. The van der Waals surface area contributed by atoms with Crippen molar-refractivity contribution in [2.24, 2.45) is 0 Å². The number of halogens is 3. The third-order valence-corrected chi connectivity index (χ3v) is 4.81. The number of hydrogen-bond donors (Lipinski definition) is 2. The zero-order valence-corrected chi connectivity index (χ0v) is 13.9. The molecule has 2 heterocycles. The maximum Gasteiger partial charge on any atom is 0.419 e. The van der Waals surface area contributed by atoms with E-state index in [9.17, 15) is 13.2 Å². The van der Waals surface area contributed by atoms with Crippen LogP contribution in [-0.2, 0) is 19.1 Å². The number of aromatic nitrogens is 2. The van der Waals surface area contributed by atoms with E-state index >= 15 is 0 Å². The van der Waals surface area contributed by atoms with Crippen molar-refractivity contribution in [3.63, 3.8) is 0 Å². The van der Waals surface area contributed by atoms with Gasteiger partial charge in [-0.3, -0.25) is 0 Å². The van der Waals surface area contributed by atoms with E-state index in [0.29, 0.717) is 5.92 Å². The maximum atomic E-state index is 12.9. The van der Waals surface area contributed by atoms with Gasteiger partial charge in [-0.15, -0.1) is 0 Å². The second-order valence-corrected chi connectivity index (χ2v) is 6.72. The molecule has 1 saturated carbocycles. The van der Waals surface area contributed by atoms with Gasteiger partial charge in [-0.2, -0.15) is 13.2 Å². The van der Waals surface area contributed by atoms with Crippen molar-refractivity contribution in [2.45, 2.75) is 44.8 Å². The number of hydrogen-bond acceptors (Lipinski definition) is 4. The molecular weight excluding hydrogens is 329 g/mol. The molecule has 2 aliphatic rings. The highest BCUT2D eigenvalue weighted by molar-refractivity contribution is 5.63. The summed E-state index contributed by atoms with van der Waals surface area (Å²) in [5.74, 6) is 0.728. The van der Waals surface area contributed by atoms with Crippen LogP contribution in [0.5, 0.6) is 0 Å². The summed E-state index contributed by atoms with van der Waals surface area (Å²) in [5, 5.41) is 6.53. The third-order valence-electron chi connectivity index (χ3n) is 4.81. The monoisotopic (exact) mass is 348 g/mol. The van der Waals surface area contributed by atoms with Crippen LogP contribution in [0.1, 0.15) is 46.7 Å². The van der Waals surface area contributed by atoms with E-state index < -0.39 is 11.7 Å². The Kier molecular flexibility index (Phi) is 3.91. The third kappa shape index (κ3) is 3.33. The maximum absolute atomic E-state index is 12.9. The quantitative estimate of drug-likeness (QED) is 0.878. The molecule has 0 atom stereocenters. The summed E-state index contributed by atoms with van der Waals surface area (Å²) in [7, 11) is 0. The lowest BCUT2D eigenvalue weighted by atomic mass is 9.95. The largest absolute Gasteiger partial charge is 0.419 e. The first-order valence-corrected chi connectivity index (χ1v) is 8.46. The Morgan fingerprint density at radius 2 is 2.00 bits per heavy atom. The molecule has 1 aromatic carbocycles. The first-order valence-electron chi connectivity index (χ1n) is 8.46. The Morgan fingerprint density at radius 1 is 1.20 bits per heavy atom. The fourth-order valence-corrected chi connectivity index (χ4v) is 3.32. The molecule has 4 nitrogen and oxygen atoms in total. The highest BCUT2D eigenvalue weighted by Crippen LogP contribution is 2.45. The second kappa shape index (κ2) is 5.98. The van der Waals surface area contributed by atoms with Gasteiger partial charge in [-0.05, 0) is 61.4 Å². The van der Waals surface area contributed by atoms with Gasteiger partial charge in [-0.25, -0.2) is 9.97 Å². The standard InChI is InChI=1S/C18H19F3N4/c1-10-15(18(19,20)21)9-23-17(24-10)25-16-7-12-4-5-22-8-13(12)6-14(16)11-2-3-11/h6-7,9,11,22H,2-5,8H2,1H3,(H,23,24,25). The number of alkyl halides is 3. The summed E-state index contributed by atoms with van der Waals surface area (Å²) in [6, 6.07) is 4.33. The molecule has 1 fully saturated rings. The Morgan fingerprint density at radius 3 is 2.68 bits per heavy atom. The van der Waals surface area contributed by atoms with Crippen molar-refractivity contribution in [1.29, 1.82) is 0 Å². The molecule has 7 heteroatoms.